The largest absolute Gasteiger partial charge is 0.573 e. The molecule has 3 aliphatic rings. The number of methoxy groups -OCH3 is 2. The third kappa shape index (κ3) is 6.16. The second kappa shape index (κ2) is 13.2. The Morgan fingerprint density at radius 3 is 2.41 bits per heavy atom. The molecule has 12 nitrogen and oxygen atoms in total. The van der Waals surface area contributed by atoms with E-state index >= 15 is 4.79 Å². The van der Waals surface area contributed by atoms with Crippen LogP contribution in [0.1, 0.15) is 36.0 Å². The number of carbonyl (C=O) groups excluding carboxylic acids is 2. The fraction of sp³-hybridized carbons (Fsp3) is 0.412. The molecular formula is C34H37ClF3N4O8S+. The van der Waals surface area contributed by atoms with Gasteiger partial charge in [-0.05, 0) is 60.9 Å². The molecule has 3 N–H and O–H groups in total. The summed E-state index contributed by atoms with van der Waals surface area (Å²) >= 11 is 6.58. The van der Waals surface area contributed by atoms with Crippen LogP contribution in [0.5, 0.6) is 17.2 Å². The molecule has 274 valence electrons. The lowest BCUT2D eigenvalue weighted by molar-refractivity contribution is -0.953. The number of rotatable bonds is 11. The van der Waals surface area contributed by atoms with Crippen LogP contribution in [0.4, 0.5) is 18.9 Å². The number of benzene rings is 3. The van der Waals surface area contributed by atoms with Crippen molar-refractivity contribution in [2.24, 2.45) is 0 Å². The number of quaternary nitrogens is 1. The van der Waals surface area contributed by atoms with E-state index in [2.05, 4.69) is 15.4 Å². The molecule has 2 fully saturated rings. The molecule has 1 saturated heterocycles. The Morgan fingerprint density at radius 2 is 1.78 bits per heavy atom. The number of amides is 2. The maximum absolute atomic E-state index is 15.7. The Balaban J connectivity index is 1.68. The minimum atomic E-state index is -5.31. The van der Waals surface area contributed by atoms with Gasteiger partial charge < -0.3 is 30.0 Å². The number of ether oxygens (including phenoxy) is 3. The lowest BCUT2D eigenvalue weighted by Crippen LogP contribution is -2.69. The Hall–Kier alpha value is -4.09. The van der Waals surface area contributed by atoms with Crippen molar-refractivity contribution >= 4 is 39.1 Å². The van der Waals surface area contributed by atoms with Crippen molar-refractivity contribution in [1.82, 2.24) is 10.6 Å². The van der Waals surface area contributed by atoms with E-state index in [1.54, 1.807) is 25.2 Å². The number of aliphatic hydroxyl groups is 1. The van der Waals surface area contributed by atoms with Crippen LogP contribution in [0.25, 0.3) is 0 Å². The summed E-state index contributed by atoms with van der Waals surface area (Å²) in [4.78, 5) is 28.3. The van der Waals surface area contributed by atoms with Gasteiger partial charge in [-0.15, -0.1) is 13.2 Å². The summed E-state index contributed by atoms with van der Waals surface area (Å²) in [6.07, 6.45) is -4.53. The number of hydrogen-bond acceptors (Lipinski definition) is 9. The Labute approximate surface area is 297 Å². The zero-order valence-electron chi connectivity index (χ0n) is 28.1. The lowest BCUT2D eigenvalue weighted by atomic mass is 9.78. The Kier molecular flexibility index (Phi) is 9.46. The van der Waals surface area contributed by atoms with Crippen LogP contribution in [0.3, 0.4) is 0 Å². The van der Waals surface area contributed by atoms with Crippen molar-refractivity contribution < 1.29 is 55.0 Å². The molecule has 51 heavy (non-hydrogen) atoms. The number of fused-ring (bicyclic) bond motifs is 1. The van der Waals surface area contributed by atoms with E-state index in [0.717, 1.165) is 31.0 Å². The highest BCUT2D eigenvalue weighted by Crippen LogP contribution is 2.58. The van der Waals surface area contributed by atoms with E-state index in [1.807, 2.05) is 0 Å². The van der Waals surface area contributed by atoms with Crippen molar-refractivity contribution in [2.45, 2.75) is 60.8 Å². The van der Waals surface area contributed by atoms with E-state index in [9.17, 15) is 31.5 Å². The molecule has 3 aromatic rings. The molecule has 0 aromatic heterocycles. The number of alkyl halides is 3. The van der Waals surface area contributed by atoms with Crippen molar-refractivity contribution in [3.63, 3.8) is 0 Å². The highest BCUT2D eigenvalue weighted by Gasteiger charge is 2.72. The van der Waals surface area contributed by atoms with Crippen molar-refractivity contribution in [1.29, 1.82) is 0 Å². The van der Waals surface area contributed by atoms with Gasteiger partial charge in [-0.25, -0.2) is 8.42 Å². The lowest BCUT2D eigenvalue weighted by Gasteiger charge is -2.48. The Morgan fingerprint density at radius 1 is 1.06 bits per heavy atom. The molecule has 6 rings (SSSR count). The number of carbonyl (C=O) groups is 2. The third-order valence-corrected chi connectivity index (χ3v) is 11.8. The van der Waals surface area contributed by atoms with Gasteiger partial charge in [-0.1, -0.05) is 17.7 Å². The fourth-order valence-electron chi connectivity index (χ4n) is 7.48. The molecule has 2 amide bonds. The van der Waals surface area contributed by atoms with Gasteiger partial charge in [0.25, 0.3) is 15.9 Å². The third-order valence-electron chi connectivity index (χ3n) is 9.87. The molecule has 2 unspecified atom stereocenters. The second-order valence-electron chi connectivity index (χ2n) is 13.0. The van der Waals surface area contributed by atoms with E-state index in [0.29, 0.717) is 22.5 Å². The van der Waals surface area contributed by atoms with E-state index in [-0.39, 0.29) is 46.3 Å². The maximum Gasteiger partial charge on any atom is 0.573 e. The summed E-state index contributed by atoms with van der Waals surface area (Å²) in [7, 11) is 0.271. The predicted octanol–water partition coefficient (Wildman–Crippen LogP) is 3.81. The average molecular weight is 754 g/mol. The summed E-state index contributed by atoms with van der Waals surface area (Å²) < 4.78 is 85.5. The average Bonchev–Trinajstić information content (AvgIpc) is 3.79. The van der Waals surface area contributed by atoms with Crippen molar-refractivity contribution in [3.8, 4) is 17.2 Å². The molecular weight excluding hydrogens is 717 g/mol. The summed E-state index contributed by atoms with van der Waals surface area (Å²) in [6, 6.07) is 11.0. The number of halogens is 4. The molecule has 1 saturated carbocycles. The molecule has 2 aliphatic heterocycles. The highest BCUT2D eigenvalue weighted by molar-refractivity contribution is 7.93. The van der Waals surface area contributed by atoms with Crippen molar-refractivity contribution in [2.75, 3.05) is 39.2 Å². The zero-order valence-corrected chi connectivity index (χ0v) is 29.7. The quantitative estimate of drug-likeness (QED) is 0.249. The maximum atomic E-state index is 15.7. The first kappa shape index (κ1) is 36.7. The molecule has 0 bridgehead atoms. The number of likely N-dealkylation sites (tertiary alicyclic amines) is 1. The van der Waals surface area contributed by atoms with Crippen LogP contribution in [0.2, 0.25) is 5.02 Å². The fourth-order valence-corrected chi connectivity index (χ4v) is 9.21. The van der Waals surface area contributed by atoms with Gasteiger partial charge in [0.05, 0.1) is 38.1 Å². The van der Waals surface area contributed by atoms with E-state index in [4.69, 9.17) is 21.1 Å². The van der Waals surface area contributed by atoms with Gasteiger partial charge >= 0.3 is 12.3 Å². The first-order valence-electron chi connectivity index (χ1n) is 16.0. The summed E-state index contributed by atoms with van der Waals surface area (Å²) in [5.41, 5.74) is -1.49. The molecule has 17 heteroatoms. The van der Waals surface area contributed by atoms with Crippen molar-refractivity contribution in [3.05, 3.63) is 76.3 Å². The van der Waals surface area contributed by atoms with Crippen LogP contribution in [-0.2, 0) is 31.7 Å². The molecule has 1 aliphatic carbocycles. The molecule has 4 atom stereocenters. The molecule has 0 radical (unpaired) electrons. The minimum Gasteiger partial charge on any atom is -0.497 e. The standard InChI is InChI=1S/C34H36ClF3N4O8S/c1-39-31(44)27-15-22(43)18-42(27,2)33(25-13-19(5-11-28(25)49-4)17-40-21-7-8-21)24-14-20(35)6-10-26(24)41(32(33)45)51(46,47)30-12-9-23(48-3)16-29(30)50-34(36,37)38/h5-6,9-14,16,21-22,27,40,43H,7-8,15,17-18H2,1-4H3/p+1/t22-,27+,33?,42?/m1/s1. The van der Waals surface area contributed by atoms with Crippen LogP contribution >= 0.6 is 11.6 Å². The zero-order chi connectivity index (χ0) is 37.1. The van der Waals surface area contributed by atoms with Crippen LogP contribution in [0, 0.1) is 0 Å². The highest BCUT2D eigenvalue weighted by atomic mass is 35.5. The van der Waals surface area contributed by atoms with Crippen LogP contribution < -0.4 is 29.1 Å². The number of nitrogens with one attached hydrogen (secondary N) is 2. The first-order chi connectivity index (χ1) is 24.0. The van der Waals surface area contributed by atoms with Gasteiger partial charge in [0, 0.05) is 37.1 Å². The summed E-state index contributed by atoms with van der Waals surface area (Å²) in [6.45, 7) is 0.174. The summed E-state index contributed by atoms with van der Waals surface area (Å²) in [5.74, 6) is -2.78. The number of nitrogens with zero attached hydrogens (tertiary/aromatic N) is 2. The second-order valence-corrected chi connectivity index (χ2v) is 15.2. The van der Waals surface area contributed by atoms with Gasteiger partial charge in [0.2, 0.25) is 5.54 Å². The molecule has 0 spiro atoms. The first-order valence-corrected chi connectivity index (χ1v) is 17.8. The topological polar surface area (TPSA) is 143 Å². The monoisotopic (exact) mass is 753 g/mol. The summed E-state index contributed by atoms with van der Waals surface area (Å²) in [5, 5.41) is 17.3. The van der Waals surface area contributed by atoms with Gasteiger partial charge in [-0.2, -0.15) is 4.31 Å². The molecule has 3 aromatic carbocycles. The smallest absolute Gasteiger partial charge is 0.497 e. The van der Waals surface area contributed by atoms with E-state index in [1.165, 1.54) is 39.5 Å². The number of aliphatic hydroxyl groups excluding tert-OH is 1. The number of anilines is 1. The van der Waals surface area contributed by atoms with Crippen LogP contribution in [0.15, 0.2) is 59.5 Å². The number of hydrogen-bond donors (Lipinski definition) is 3. The predicted molar refractivity (Wildman–Crippen MR) is 179 cm³/mol. The molecule has 2 heterocycles. The van der Waals surface area contributed by atoms with Crippen LogP contribution in [-0.4, -0.2) is 89.2 Å². The van der Waals surface area contributed by atoms with Gasteiger partial charge in [-0.3, -0.25) is 14.1 Å². The minimum absolute atomic E-state index is 0.0338. The normalized spacial score (nSPS) is 24.7. The van der Waals surface area contributed by atoms with E-state index < -0.39 is 61.0 Å². The van der Waals surface area contributed by atoms with Gasteiger partial charge in [0.15, 0.2) is 11.8 Å². The van der Waals surface area contributed by atoms with Gasteiger partial charge in [0.1, 0.15) is 29.0 Å². The Bertz CT molecular complexity index is 2000. The number of likely N-dealkylation sites (N-methyl/N-ethyl adjacent to an activating group) is 2. The number of sulfonamides is 1. The SMILES string of the molecule is CNC(=O)[C@@H]1C[C@@H](O)C[N+]1(C)C1(c2cc(CNC3CC3)ccc2OC)C(=O)N(S(=O)(=O)c2ccc(OC)cc2OC(F)(F)F)c2ccc(Cl)cc21.